The first-order chi connectivity index (χ1) is 9.63. The van der Waals surface area contributed by atoms with E-state index in [2.05, 4.69) is 10.3 Å². The molecule has 1 aliphatic rings. The summed E-state index contributed by atoms with van der Waals surface area (Å²) in [5, 5.41) is 2.90. The number of pyridine rings is 1. The molecule has 1 aromatic heterocycles. The van der Waals surface area contributed by atoms with E-state index >= 15 is 0 Å². The van der Waals surface area contributed by atoms with Crippen LogP contribution in [0.4, 0.5) is 10.2 Å². The van der Waals surface area contributed by atoms with E-state index in [-0.39, 0.29) is 17.3 Å². The van der Waals surface area contributed by atoms with Gasteiger partial charge in [-0.05, 0) is 31.2 Å². The van der Waals surface area contributed by atoms with Crippen LogP contribution in [0, 0.1) is 11.7 Å². The van der Waals surface area contributed by atoms with Crippen LogP contribution in [0.3, 0.4) is 0 Å². The number of rotatable bonds is 6. The summed E-state index contributed by atoms with van der Waals surface area (Å²) in [6, 6.07) is 1.45. The molecule has 0 bridgehead atoms. The minimum absolute atomic E-state index is 0.0976. The zero-order chi connectivity index (χ0) is 14.5. The quantitative estimate of drug-likeness (QED) is 0.871. The maximum atomic E-state index is 14.3. The Kier molecular flexibility index (Phi) is 4.93. The van der Waals surface area contributed by atoms with Crippen LogP contribution in [0.15, 0.2) is 12.3 Å². The highest BCUT2D eigenvalue weighted by molar-refractivity contribution is 5.95. The van der Waals surface area contributed by atoms with Gasteiger partial charge in [0.25, 0.3) is 5.91 Å². The van der Waals surface area contributed by atoms with E-state index in [4.69, 9.17) is 0 Å². The van der Waals surface area contributed by atoms with E-state index in [0.717, 1.165) is 6.42 Å². The minimum atomic E-state index is -0.550. The predicted octanol–water partition coefficient (Wildman–Crippen LogP) is 2.91. The number of carbonyl (C=O) groups excluding carboxylic acids is 1. The summed E-state index contributed by atoms with van der Waals surface area (Å²) in [5.74, 6) is -0.0796. The number of halogens is 1. The summed E-state index contributed by atoms with van der Waals surface area (Å²) >= 11 is 0. The molecule has 1 N–H and O–H groups in total. The molecular weight excluding hydrogens is 257 g/mol. The van der Waals surface area contributed by atoms with Crippen molar-refractivity contribution in [3.05, 3.63) is 23.6 Å². The highest BCUT2D eigenvalue weighted by atomic mass is 19.1. The summed E-state index contributed by atoms with van der Waals surface area (Å²) in [6.45, 7) is 3.34. The molecule has 0 spiro atoms. The summed E-state index contributed by atoms with van der Waals surface area (Å²) in [5.41, 5.74) is 0.0976. The second-order valence-corrected chi connectivity index (χ2v) is 5.43. The van der Waals surface area contributed by atoms with E-state index < -0.39 is 5.82 Å². The molecule has 4 nitrogen and oxygen atoms in total. The lowest BCUT2D eigenvalue weighted by molar-refractivity contribution is 0.0740. The molecule has 1 aromatic rings. The van der Waals surface area contributed by atoms with Crippen LogP contribution in [0.5, 0.6) is 0 Å². The Morgan fingerprint density at radius 1 is 1.55 bits per heavy atom. The normalized spacial score (nSPS) is 14.8. The van der Waals surface area contributed by atoms with Crippen molar-refractivity contribution in [3.63, 3.8) is 0 Å². The molecule has 0 radical (unpaired) electrons. The Morgan fingerprint density at radius 3 is 2.90 bits per heavy atom. The van der Waals surface area contributed by atoms with Gasteiger partial charge >= 0.3 is 0 Å². The molecule has 110 valence electrons. The van der Waals surface area contributed by atoms with Crippen LogP contribution >= 0.6 is 0 Å². The second kappa shape index (κ2) is 6.68. The standard InChI is InChI=1S/C15H22FN3O/c1-3-8-17-14-13(16)12(7-9-18-14)15(20)19(2)10-11-5-4-6-11/h7,9,11H,3-6,8,10H2,1-2H3,(H,17,18). The molecular formula is C15H22FN3O. The third-order valence-electron chi connectivity index (χ3n) is 3.77. The molecule has 2 rings (SSSR count). The molecule has 0 unspecified atom stereocenters. The average Bonchev–Trinajstić information content (AvgIpc) is 2.40. The maximum absolute atomic E-state index is 14.3. The van der Waals surface area contributed by atoms with Crippen molar-refractivity contribution in [2.24, 2.45) is 5.92 Å². The average molecular weight is 279 g/mol. The van der Waals surface area contributed by atoms with Crippen molar-refractivity contribution in [2.75, 3.05) is 25.5 Å². The smallest absolute Gasteiger partial charge is 0.256 e. The molecule has 0 aromatic carbocycles. The van der Waals surface area contributed by atoms with Gasteiger partial charge in [0.1, 0.15) is 0 Å². The van der Waals surface area contributed by atoms with E-state index in [0.29, 0.717) is 19.0 Å². The first-order valence-corrected chi connectivity index (χ1v) is 7.27. The zero-order valence-electron chi connectivity index (χ0n) is 12.2. The number of nitrogens with one attached hydrogen (secondary N) is 1. The van der Waals surface area contributed by atoms with Crippen molar-refractivity contribution in [1.29, 1.82) is 0 Å². The SMILES string of the molecule is CCCNc1nccc(C(=O)N(C)CC2CCC2)c1F. The van der Waals surface area contributed by atoms with Crippen molar-refractivity contribution in [1.82, 2.24) is 9.88 Å². The molecule has 1 fully saturated rings. The van der Waals surface area contributed by atoms with Crippen LogP contribution in [-0.4, -0.2) is 35.9 Å². The number of nitrogens with zero attached hydrogens (tertiary/aromatic N) is 2. The molecule has 20 heavy (non-hydrogen) atoms. The summed E-state index contributed by atoms with van der Waals surface area (Å²) < 4.78 is 14.3. The number of carbonyl (C=O) groups is 1. The number of hydrogen-bond acceptors (Lipinski definition) is 3. The lowest BCUT2D eigenvalue weighted by atomic mass is 9.85. The van der Waals surface area contributed by atoms with Crippen molar-refractivity contribution >= 4 is 11.7 Å². The zero-order valence-corrected chi connectivity index (χ0v) is 12.2. The van der Waals surface area contributed by atoms with Crippen molar-refractivity contribution in [2.45, 2.75) is 32.6 Å². The second-order valence-electron chi connectivity index (χ2n) is 5.43. The molecule has 1 heterocycles. The third-order valence-corrected chi connectivity index (χ3v) is 3.77. The molecule has 0 atom stereocenters. The van der Waals surface area contributed by atoms with Crippen molar-refractivity contribution < 1.29 is 9.18 Å². The lowest BCUT2D eigenvalue weighted by Gasteiger charge is -2.30. The van der Waals surface area contributed by atoms with Crippen LogP contribution < -0.4 is 5.32 Å². The van der Waals surface area contributed by atoms with E-state index in [1.54, 1.807) is 11.9 Å². The van der Waals surface area contributed by atoms with Gasteiger partial charge < -0.3 is 10.2 Å². The van der Waals surface area contributed by atoms with Gasteiger partial charge in [0.2, 0.25) is 0 Å². The first kappa shape index (κ1) is 14.8. The van der Waals surface area contributed by atoms with E-state index in [9.17, 15) is 9.18 Å². The van der Waals surface area contributed by atoms with Gasteiger partial charge in [0, 0.05) is 26.3 Å². The molecule has 1 amide bonds. The highest BCUT2D eigenvalue weighted by Gasteiger charge is 2.24. The van der Waals surface area contributed by atoms with Gasteiger partial charge in [-0.15, -0.1) is 0 Å². The molecule has 5 heteroatoms. The fourth-order valence-corrected chi connectivity index (χ4v) is 2.33. The Morgan fingerprint density at radius 2 is 2.30 bits per heavy atom. The predicted molar refractivity (Wildman–Crippen MR) is 77.3 cm³/mol. The molecule has 1 aliphatic carbocycles. The monoisotopic (exact) mass is 279 g/mol. The third kappa shape index (κ3) is 3.26. The Balaban J connectivity index is 2.07. The largest absolute Gasteiger partial charge is 0.368 e. The Bertz CT molecular complexity index is 474. The van der Waals surface area contributed by atoms with Gasteiger partial charge in [0.15, 0.2) is 11.6 Å². The number of amides is 1. The van der Waals surface area contributed by atoms with Crippen LogP contribution in [0.25, 0.3) is 0 Å². The highest BCUT2D eigenvalue weighted by Crippen LogP contribution is 2.27. The molecule has 0 saturated heterocycles. The Hall–Kier alpha value is -1.65. The summed E-state index contributed by atoms with van der Waals surface area (Å²) in [4.78, 5) is 17.9. The maximum Gasteiger partial charge on any atom is 0.256 e. The van der Waals surface area contributed by atoms with Crippen LogP contribution in [0.2, 0.25) is 0 Å². The van der Waals surface area contributed by atoms with E-state index in [1.165, 1.54) is 31.5 Å². The minimum Gasteiger partial charge on any atom is -0.368 e. The molecule has 0 aliphatic heterocycles. The summed E-state index contributed by atoms with van der Waals surface area (Å²) in [7, 11) is 1.74. The first-order valence-electron chi connectivity index (χ1n) is 7.27. The Labute approximate surface area is 119 Å². The molecule has 1 saturated carbocycles. The summed E-state index contributed by atoms with van der Waals surface area (Å²) in [6.07, 6.45) is 5.92. The fourth-order valence-electron chi connectivity index (χ4n) is 2.33. The topological polar surface area (TPSA) is 45.2 Å². The van der Waals surface area contributed by atoms with Gasteiger partial charge in [-0.2, -0.15) is 0 Å². The van der Waals surface area contributed by atoms with Gasteiger partial charge in [-0.3, -0.25) is 4.79 Å². The lowest BCUT2D eigenvalue weighted by Crippen LogP contribution is -2.34. The van der Waals surface area contributed by atoms with Gasteiger partial charge in [0.05, 0.1) is 5.56 Å². The number of hydrogen-bond donors (Lipinski definition) is 1. The fraction of sp³-hybridized carbons (Fsp3) is 0.600. The number of aromatic nitrogens is 1. The van der Waals surface area contributed by atoms with Crippen LogP contribution in [0.1, 0.15) is 43.0 Å². The van der Waals surface area contributed by atoms with Gasteiger partial charge in [-0.25, -0.2) is 9.37 Å². The number of anilines is 1. The van der Waals surface area contributed by atoms with Crippen LogP contribution in [-0.2, 0) is 0 Å². The van der Waals surface area contributed by atoms with Crippen molar-refractivity contribution in [3.8, 4) is 0 Å². The van der Waals surface area contributed by atoms with E-state index in [1.807, 2.05) is 6.92 Å². The van der Waals surface area contributed by atoms with Gasteiger partial charge in [-0.1, -0.05) is 13.3 Å².